The fraction of sp³-hybridized carbons (Fsp3) is 0.938. The zero-order chi connectivity index (χ0) is 15.3. The smallest absolute Gasteiger partial charge is 0.410 e. The maximum atomic E-state index is 12.2. The van der Waals surface area contributed by atoms with Gasteiger partial charge < -0.3 is 15.0 Å². The van der Waals surface area contributed by atoms with Gasteiger partial charge in [0, 0.05) is 25.2 Å². The Bertz CT molecular complexity index is 310. The molecule has 0 aliphatic heterocycles. The highest BCUT2D eigenvalue weighted by atomic mass is 16.6. The molecule has 4 nitrogen and oxygen atoms in total. The van der Waals surface area contributed by atoms with E-state index in [4.69, 9.17) is 4.74 Å². The Kier molecular flexibility index (Phi) is 6.31. The molecule has 4 heteroatoms. The normalized spacial score (nSPS) is 23.1. The second-order valence-electron chi connectivity index (χ2n) is 7.34. The molecule has 1 saturated carbocycles. The molecule has 118 valence electrons. The van der Waals surface area contributed by atoms with Crippen LogP contribution < -0.4 is 5.32 Å². The second kappa shape index (κ2) is 7.30. The van der Waals surface area contributed by atoms with E-state index in [-0.39, 0.29) is 12.1 Å². The van der Waals surface area contributed by atoms with Gasteiger partial charge in [0.15, 0.2) is 0 Å². The minimum absolute atomic E-state index is 0.161. The zero-order valence-electron chi connectivity index (χ0n) is 14.0. The van der Waals surface area contributed by atoms with Crippen LogP contribution in [0.2, 0.25) is 0 Å². The summed E-state index contributed by atoms with van der Waals surface area (Å²) in [7, 11) is 0. The van der Waals surface area contributed by atoms with E-state index in [1.807, 2.05) is 34.6 Å². The van der Waals surface area contributed by atoms with E-state index in [1.54, 1.807) is 4.90 Å². The lowest BCUT2D eigenvalue weighted by Crippen LogP contribution is -2.45. The summed E-state index contributed by atoms with van der Waals surface area (Å²) in [6, 6.07) is 0.784. The Balaban J connectivity index is 2.37. The second-order valence-corrected chi connectivity index (χ2v) is 7.34. The number of ether oxygens (including phenoxy) is 1. The SMILES string of the molecule is CC1CCC(NCCN(C(=O)OC(C)(C)C)C(C)C)C1. The lowest BCUT2D eigenvalue weighted by molar-refractivity contribution is 0.0192. The van der Waals surface area contributed by atoms with Crippen LogP contribution in [0.25, 0.3) is 0 Å². The third kappa shape index (κ3) is 6.12. The van der Waals surface area contributed by atoms with Gasteiger partial charge in [-0.25, -0.2) is 4.79 Å². The average Bonchev–Trinajstić information content (AvgIpc) is 2.67. The fourth-order valence-corrected chi connectivity index (χ4v) is 2.66. The Morgan fingerprint density at radius 3 is 2.45 bits per heavy atom. The maximum absolute atomic E-state index is 12.2. The van der Waals surface area contributed by atoms with Gasteiger partial charge in [0.05, 0.1) is 0 Å². The van der Waals surface area contributed by atoms with E-state index in [0.717, 1.165) is 12.5 Å². The van der Waals surface area contributed by atoms with Gasteiger partial charge >= 0.3 is 6.09 Å². The minimum Gasteiger partial charge on any atom is -0.444 e. The van der Waals surface area contributed by atoms with Crippen molar-refractivity contribution in [3.63, 3.8) is 0 Å². The minimum atomic E-state index is -0.432. The van der Waals surface area contributed by atoms with Gasteiger partial charge in [0.1, 0.15) is 5.60 Å². The number of carbonyl (C=O) groups excluding carboxylic acids is 1. The van der Waals surface area contributed by atoms with Crippen LogP contribution in [0.5, 0.6) is 0 Å². The third-order valence-electron chi connectivity index (χ3n) is 3.73. The van der Waals surface area contributed by atoms with Crippen LogP contribution in [-0.4, -0.2) is 41.8 Å². The Hall–Kier alpha value is -0.770. The van der Waals surface area contributed by atoms with Crippen molar-refractivity contribution in [3.05, 3.63) is 0 Å². The van der Waals surface area contributed by atoms with Crippen molar-refractivity contribution >= 4 is 6.09 Å². The largest absolute Gasteiger partial charge is 0.444 e. The number of nitrogens with one attached hydrogen (secondary N) is 1. The molecule has 0 heterocycles. The number of hydrogen-bond acceptors (Lipinski definition) is 3. The summed E-state index contributed by atoms with van der Waals surface area (Å²) < 4.78 is 5.46. The van der Waals surface area contributed by atoms with Gasteiger partial charge in [0.25, 0.3) is 0 Å². The first kappa shape index (κ1) is 17.3. The molecule has 0 radical (unpaired) electrons. The lowest BCUT2D eigenvalue weighted by Gasteiger charge is -2.30. The molecule has 1 amide bonds. The summed E-state index contributed by atoms with van der Waals surface area (Å²) in [6.07, 6.45) is 3.62. The van der Waals surface area contributed by atoms with Gasteiger partial charge in [-0.05, 0) is 59.8 Å². The van der Waals surface area contributed by atoms with Crippen LogP contribution in [0.3, 0.4) is 0 Å². The van der Waals surface area contributed by atoms with E-state index in [9.17, 15) is 4.79 Å². The summed E-state index contributed by atoms with van der Waals surface area (Å²) in [5.41, 5.74) is -0.432. The van der Waals surface area contributed by atoms with Gasteiger partial charge in [-0.3, -0.25) is 0 Å². The lowest BCUT2D eigenvalue weighted by atomic mass is 10.1. The van der Waals surface area contributed by atoms with E-state index in [0.29, 0.717) is 12.6 Å². The predicted octanol–water partition coefficient (Wildman–Crippen LogP) is 3.41. The summed E-state index contributed by atoms with van der Waals surface area (Å²) in [6.45, 7) is 13.6. The van der Waals surface area contributed by atoms with Crippen molar-refractivity contribution in [2.45, 2.75) is 78.5 Å². The molecular weight excluding hydrogens is 252 g/mol. The highest BCUT2D eigenvalue weighted by Crippen LogP contribution is 2.24. The van der Waals surface area contributed by atoms with Crippen molar-refractivity contribution < 1.29 is 9.53 Å². The van der Waals surface area contributed by atoms with E-state index in [2.05, 4.69) is 12.2 Å². The summed E-state index contributed by atoms with van der Waals surface area (Å²) in [5.74, 6) is 0.833. The van der Waals surface area contributed by atoms with Crippen molar-refractivity contribution in [2.75, 3.05) is 13.1 Å². The predicted molar refractivity (Wildman–Crippen MR) is 82.9 cm³/mol. The molecule has 1 rings (SSSR count). The van der Waals surface area contributed by atoms with Gasteiger partial charge in [0.2, 0.25) is 0 Å². The monoisotopic (exact) mass is 284 g/mol. The molecule has 0 spiro atoms. The number of amides is 1. The first-order chi connectivity index (χ1) is 9.19. The van der Waals surface area contributed by atoms with E-state index in [1.165, 1.54) is 19.3 Å². The average molecular weight is 284 g/mol. The molecule has 0 bridgehead atoms. The first-order valence-electron chi connectivity index (χ1n) is 7.92. The number of carbonyl (C=O) groups is 1. The van der Waals surface area contributed by atoms with Crippen LogP contribution in [0.1, 0.15) is 60.8 Å². The molecule has 2 atom stereocenters. The van der Waals surface area contributed by atoms with Crippen molar-refractivity contribution in [2.24, 2.45) is 5.92 Å². The van der Waals surface area contributed by atoms with Gasteiger partial charge in [-0.15, -0.1) is 0 Å². The molecule has 0 saturated heterocycles. The summed E-state index contributed by atoms with van der Waals surface area (Å²) >= 11 is 0. The molecule has 0 aromatic carbocycles. The molecule has 1 aliphatic carbocycles. The topological polar surface area (TPSA) is 41.6 Å². The van der Waals surface area contributed by atoms with Crippen LogP contribution in [-0.2, 0) is 4.74 Å². The number of hydrogen-bond donors (Lipinski definition) is 1. The standard InChI is InChI=1S/C16H32N2O2/c1-12(2)18(15(19)20-16(4,5)6)10-9-17-14-8-7-13(3)11-14/h12-14,17H,7-11H2,1-6H3. The zero-order valence-corrected chi connectivity index (χ0v) is 14.0. The molecule has 20 heavy (non-hydrogen) atoms. The Morgan fingerprint density at radius 1 is 1.35 bits per heavy atom. The molecular formula is C16H32N2O2. The highest BCUT2D eigenvalue weighted by molar-refractivity contribution is 5.68. The highest BCUT2D eigenvalue weighted by Gasteiger charge is 2.25. The number of rotatable bonds is 5. The molecule has 1 aliphatic rings. The summed E-state index contributed by atoms with van der Waals surface area (Å²) in [4.78, 5) is 14.0. The van der Waals surface area contributed by atoms with Gasteiger partial charge in [-0.1, -0.05) is 6.92 Å². The molecule has 1 fully saturated rings. The molecule has 2 unspecified atom stereocenters. The van der Waals surface area contributed by atoms with Crippen LogP contribution in [0.15, 0.2) is 0 Å². The maximum Gasteiger partial charge on any atom is 0.410 e. The van der Waals surface area contributed by atoms with Crippen LogP contribution >= 0.6 is 0 Å². The van der Waals surface area contributed by atoms with E-state index < -0.39 is 5.60 Å². The molecule has 0 aromatic rings. The van der Waals surface area contributed by atoms with Crippen molar-refractivity contribution in [1.29, 1.82) is 0 Å². The number of nitrogens with zero attached hydrogens (tertiary/aromatic N) is 1. The van der Waals surface area contributed by atoms with Gasteiger partial charge in [-0.2, -0.15) is 0 Å². The quantitative estimate of drug-likeness (QED) is 0.841. The van der Waals surface area contributed by atoms with Crippen molar-refractivity contribution in [1.82, 2.24) is 10.2 Å². The molecule has 0 aromatic heterocycles. The Labute approximate surface area is 124 Å². The van der Waals surface area contributed by atoms with E-state index >= 15 is 0 Å². The Morgan fingerprint density at radius 2 is 2.00 bits per heavy atom. The summed E-state index contributed by atoms with van der Waals surface area (Å²) in [5, 5.41) is 3.57. The third-order valence-corrected chi connectivity index (χ3v) is 3.73. The molecule has 1 N–H and O–H groups in total. The van der Waals surface area contributed by atoms with Crippen LogP contribution in [0.4, 0.5) is 4.79 Å². The first-order valence-corrected chi connectivity index (χ1v) is 7.92. The van der Waals surface area contributed by atoms with Crippen molar-refractivity contribution in [3.8, 4) is 0 Å². The van der Waals surface area contributed by atoms with Crippen LogP contribution in [0, 0.1) is 5.92 Å². The fourth-order valence-electron chi connectivity index (χ4n) is 2.66.